The van der Waals surface area contributed by atoms with Crippen LogP contribution in [0.2, 0.25) is 0 Å². The maximum absolute atomic E-state index is 12.2. The van der Waals surface area contributed by atoms with E-state index in [0.717, 1.165) is 37.6 Å². The number of carbonyl (C=O) groups excluding carboxylic acids is 1. The van der Waals surface area contributed by atoms with Gasteiger partial charge in [-0.25, -0.2) is 4.68 Å². The second kappa shape index (κ2) is 7.49. The minimum Gasteiger partial charge on any atom is -0.493 e. The molecule has 0 saturated carbocycles. The largest absolute Gasteiger partial charge is 0.493 e. The highest BCUT2D eigenvalue weighted by molar-refractivity contribution is 5.91. The van der Waals surface area contributed by atoms with Gasteiger partial charge in [-0.1, -0.05) is 19.1 Å². The van der Waals surface area contributed by atoms with E-state index >= 15 is 0 Å². The molecular weight excluding hydrogens is 304 g/mol. The molecule has 1 aliphatic rings. The molecule has 2 N–H and O–H groups in total. The number of hydrogen-bond donors (Lipinski definition) is 2. The summed E-state index contributed by atoms with van der Waals surface area (Å²) in [6.45, 7) is 5.95. The van der Waals surface area contributed by atoms with E-state index < -0.39 is 0 Å². The van der Waals surface area contributed by atoms with Gasteiger partial charge in [0.2, 0.25) is 5.91 Å². The molecule has 1 atom stereocenters. The van der Waals surface area contributed by atoms with Crippen molar-refractivity contribution in [3.63, 3.8) is 0 Å². The number of benzene rings is 1. The zero-order chi connectivity index (χ0) is 16.9. The van der Waals surface area contributed by atoms with E-state index in [-0.39, 0.29) is 18.5 Å². The first kappa shape index (κ1) is 16.5. The maximum atomic E-state index is 12.2. The number of carbonyl (C=O) groups is 1. The Balaban J connectivity index is 1.53. The Morgan fingerprint density at radius 2 is 2.29 bits per heavy atom. The molecule has 1 aromatic carbocycles. The molecule has 2 heterocycles. The van der Waals surface area contributed by atoms with Gasteiger partial charge < -0.3 is 15.4 Å². The molecule has 2 aromatic rings. The van der Waals surface area contributed by atoms with Crippen LogP contribution < -0.4 is 15.4 Å². The van der Waals surface area contributed by atoms with Crippen molar-refractivity contribution in [2.75, 3.05) is 18.5 Å². The van der Waals surface area contributed by atoms with Gasteiger partial charge in [0.15, 0.2) is 0 Å². The Morgan fingerprint density at radius 1 is 1.42 bits per heavy atom. The third kappa shape index (κ3) is 3.76. The molecule has 0 fully saturated rings. The smallest absolute Gasteiger partial charge is 0.239 e. The van der Waals surface area contributed by atoms with Crippen molar-refractivity contribution in [1.82, 2.24) is 15.1 Å². The highest BCUT2D eigenvalue weighted by atomic mass is 16.5. The lowest BCUT2D eigenvalue weighted by atomic mass is 10.0. The molecule has 6 heteroatoms. The number of nitrogens with zero attached hydrogens (tertiary/aromatic N) is 2. The van der Waals surface area contributed by atoms with Crippen LogP contribution in [0, 0.1) is 0 Å². The van der Waals surface area contributed by atoms with Crippen LogP contribution in [0.1, 0.15) is 37.4 Å². The number of fused-ring (bicyclic) bond motifs is 1. The lowest BCUT2D eigenvalue weighted by Gasteiger charge is -2.15. The molecule has 24 heavy (non-hydrogen) atoms. The molecule has 1 amide bonds. The minimum atomic E-state index is -0.0656. The second-order valence-electron chi connectivity index (χ2n) is 6.06. The minimum absolute atomic E-state index is 0.0656. The van der Waals surface area contributed by atoms with Gasteiger partial charge in [-0.3, -0.25) is 4.79 Å². The Bertz CT molecular complexity index is 711. The van der Waals surface area contributed by atoms with Crippen LogP contribution in [0.25, 0.3) is 0 Å². The number of rotatable bonds is 7. The third-order valence-corrected chi connectivity index (χ3v) is 4.20. The van der Waals surface area contributed by atoms with Crippen LogP contribution in [0.15, 0.2) is 30.5 Å². The predicted octanol–water partition coefficient (Wildman–Crippen LogP) is 2.52. The summed E-state index contributed by atoms with van der Waals surface area (Å²) in [7, 11) is 0. The fourth-order valence-corrected chi connectivity index (χ4v) is 2.86. The van der Waals surface area contributed by atoms with Crippen molar-refractivity contribution in [3.05, 3.63) is 41.6 Å². The van der Waals surface area contributed by atoms with E-state index in [1.807, 2.05) is 16.8 Å². The summed E-state index contributed by atoms with van der Waals surface area (Å²) in [6, 6.07) is 8.14. The molecule has 0 radical (unpaired) electrons. The monoisotopic (exact) mass is 328 g/mol. The van der Waals surface area contributed by atoms with Crippen molar-refractivity contribution < 1.29 is 9.53 Å². The Kier molecular flexibility index (Phi) is 5.15. The molecule has 1 aromatic heterocycles. The highest BCUT2D eigenvalue weighted by Gasteiger charge is 2.15. The van der Waals surface area contributed by atoms with Crippen LogP contribution >= 0.6 is 0 Å². The normalized spacial score (nSPS) is 14.1. The van der Waals surface area contributed by atoms with Gasteiger partial charge in [0, 0.05) is 25.1 Å². The van der Waals surface area contributed by atoms with Gasteiger partial charge in [0.05, 0.1) is 19.3 Å². The third-order valence-electron chi connectivity index (χ3n) is 4.20. The first-order chi connectivity index (χ1) is 11.7. The van der Waals surface area contributed by atoms with E-state index in [0.29, 0.717) is 0 Å². The number of ether oxygens (including phenoxy) is 1. The second-order valence-corrected chi connectivity index (χ2v) is 6.06. The van der Waals surface area contributed by atoms with Crippen LogP contribution in [0.4, 0.5) is 5.82 Å². The average molecular weight is 328 g/mol. The molecule has 3 rings (SSSR count). The van der Waals surface area contributed by atoms with Gasteiger partial charge in [-0.05, 0) is 30.5 Å². The van der Waals surface area contributed by atoms with Gasteiger partial charge in [0.1, 0.15) is 11.6 Å². The fourth-order valence-electron chi connectivity index (χ4n) is 2.86. The van der Waals surface area contributed by atoms with Crippen molar-refractivity contribution in [2.45, 2.75) is 39.3 Å². The molecule has 128 valence electrons. The lowest BCUT2D eigenvalue weighted by Crippen LogP contribution is -2.30. The van der Waals surface area contributed by atoms with Crippen molar-refractivity contribution in [3.8, 4) is 5.75 Å². The molecular formula is C18H24N4O2. The van der Waals surface area contributed by atoms with Crippen LogP contribution in [0.3, 0.4) is 0 Å². The van der Waals surface area contributed by atoms with Gasteiger partial charge >= 0.3 is 0 Å². The number of amides is 1. The lowest BCUT2D eigenvalue weighted by molar-refractivity contribution is -0.115. The van der Waals surface area contributed by atoms with E-state index in [2.05, 4.69) is 41.7 Å². The molecule has 0 unspecified atom stereocenters. The first-order valence-electron chi connectivity index (χ1n) is 8.48. The SMILES string of the molecule is CCCn1nccc1NC(=O)CN[C@H](C)c1ccc2c(c1)CCO2. The summed E-state index contributed by atoms with van der Waals surface area (Å²) in [5, 5.41) is 10.4. The average Bonchev–Trinajstić information content (AvgIpc) is 3.21. The molecule has 0 aliphatic carbocycles. The summed E-state index contributed by atoms with van der Waals surface area (Å²) < 4.78 is 7.34. The molecule has 0 saturated heterocycles. The molecule has 0 spiro atoms. The van der Waals surface area contributed by atoms with E-state index in [1.165, 1.54) is 11.1 Å². The van der Waals surface area contributed by atoms with Crippen LogP contribution in [0.5, 0.6) is 5.75 Å². The number of hydrogen-bond acceptors (Lipinski definition) is 4. The zero-order valence-corrected chi connectivity index (χ0v) is 14.2. The molecule has 1 aliphatic heterocycles. The number of aromatic nitrogens is 2. The van der Waals surface area contributed by atoms with E-state index in [4.69, 9.17) is 4.74 Å². The number of nitrogens with one attached hydrogen (secondary N) is 2. The Hall–Kier alpha value is -2.34. The standard InChI is InChI=1S/C18H24N4O2/c1-3-9-22-17(6-8-20-22)21-18(23)12-19-13(2)14-4-5-16-15(11-14)7-10-24-16/h4-6,8,11,13,19H,3,7,9-10,12H2,1-2H3,(H,21,23)/t13-/m1/s1. The predicted molar refractivity (Wildman–Crippen MR) is 93.2 cm³/mol. The fraction of sp³-hybridized carbons (Fsp3) is 0.444. The topological polar surface area (TPSA) is 68.2 Å². The van der Waals surface area contributed by atoms with Crippen molar-refractivity contribution >= 4 is 11.7 Å². The number of anilines is 1. The number of aryl methyl sites for hydroxylation is 1. The Morgan fingerprint density at radius 3 is 3.12 bits per heavy atom. The van der Waals surface area contributed by atoms with E-state index in [9.17, 15) is 4.79 Å². The van der Waals surface area contributed by atoms with Gasteiger partial charge in [-0.15, -0.1) is 0 Å². The van der Waals surface area contributed by atoms with Crippen molar-refractivity contribution in [1.29, 1.82) is 0 Å². The summed E-state index contributed by atoms with van der Waals surface area (Å²) in [4.78, 5) is 12.2. The van der Waals surface area contributed by atoms with Crippen LogP contribution in [-0.2, 0) is 17.8 Å². The maximum Gasteiger partial charge on any atom is 0.239 e. The molecule has 0 bridgehead atoms. The summed E-state index contributed by atoms with van der Waals surface area (Å²) in [5.74, 6) is 1.66. The highest BCUT2D eigenvalue weighted by Crippen LogP contribution is 2.28. The van der Waals surface area contributed by atoms with Crippen LogP contribution in [-0.4, -0.2) is 28.8 Å². The van der Waals surface area contributed by atoms with Crippen molar-refractivity contribution in [2.24, 2.45) is 0 Å². The first-order valence-corrected chi connectivity index (χ1v) is 8.48. The Labute approximate surface area is 142 Å². The van der Waals surface area contributed by atoms with E-state index in [1.54, 1.807) is 6.20 Å². The summed E-state index contributed by atoms with van der Waals surface area (Å²) in [6.07, 6.45) is 3.63. The quantitative estimate of drug-likeness (QED) is 0.819. The van der Waals surface area contributed by atoms with Gasteiger partial charge in [-0.2, -0.15) is 5.10 Å². The summed E-state index contributed by atoms with van der Waals surface area (Å²) in [5.41, 5.74) is 2.41. The zero-order valence-electron chi connectivity index (χ0n) is 14.2. The summed E-state index contributed by atoms with van der Waals surface area (Å²) >= 11 is 0. The van der Waals surface area contributed by atoms with Gasteiger partial charge in [0.25, 0.3) is 0 Å². The molecule has 6 nitrogen and oxygen atoms in total.